The maximum Gasteiger partial charge on any atom is 0.375 e. The Hall–Kier alpha value is -3.61. The van der Waals surface area contributed by atoms with Crippen LogP contribution in [0.4, 0.5) is 0 Å². The van der Waals surface area contributed by atoms with E-state index in [9.17, 15) is 9.59 Å². The smallest absolute Gasteiger partial charge is 0.375 e. The Morgan fingerprint density at radius 2 is 1.93 bits per heavy atom. The monoisotopic (exact) mass is 366 g/mol. The summed E-state index contributed by atoms with van der Waals surface area (Å²) in [5.74, 6) is -0.484. The van der Waals surface area contributed by atoms with Crippen molar-refractivity contribution in [3.63, 3.8) is 0 Å². The molecule has 0 aliphatic heterocycles. The number of carbonyl (C=O) groups is 2. The molecule has 0 bridgehead atoms. The number of ether oxygens (including phenoxy) is 2. The Kier molecular flexibility index (Phi) is 5.84. The molecule has 1 aromatic carbocycles. The van der Waals surface area contributed by atoms with E-state index in [-0.39, 0.29) is 12.3 Å². The summed E-state index contributed by atoms with van der Waals surface area (Å²) in [6, 6.07) is 15.4. The largest absolute Gasteiger partial charge is 0.497 e. The average molecular weight is 366 g/mol. The zero-order chi connectivity index (χ0) is 19.1. The summed E-state index contributed by atoms with van der Waals surface area (Å²) < 4.78 is 15.5. The normalized spacial score (nSPS) is 11.4. The predicted octanol–water partition coefficient (Wildman–Crippen LogP) is 2.90. The van der Waals surface area contributed by atoms with Crippen molar-refractivity contribution < 1.29 is 23.5 Å². The van der Waals surface area contributed by atoms with Gasteiger partial charge in [-0.05, 0) is 42.0 Å². The molecule has 0 saturated carbocycles. The van der Waals surface area contributed by atoms with E-state index in [4.69, 9.17) is 13.9 Å². The van der Waals surface area contributed by atoms with Crippen LogP contribution in [0.25, 0.3) is 0 Å². The van der Waals surface area contributed by atoms with Crippen LogP contribution in [0, 0.1) is 0 Å². The summed E-state index contributed by atoms with van der Waals surface area (Å²) in [5.41, 5.74) is 1.20. The number of nitrogens with one attached hydrogen (secondary N) is 1. The van der Waals surface area contributed by atoms with E-state index in [1.54, 1.807) is 43.5 Å². The zero-order valence-corrected chi connectivity index (χ0v) is 14.6. The van der Waals surface area contributed by atoms with Crippen molar-refractivity contribution in [2.75, 3.05) is 7.11 Å². The van der Waals surface area contributed by atoms with Gasteiger partial charge in [-0.25, -0.2) is 4.79 Å². The average Bonchev–Trinajstić information content (AvgIpc) is 3.26. The molecule has 7 heteroatoms. The van der Waals surface area contributed by atoms with Crippen LogP contribution in [0.3, 0.4) is 0 Å². The SMILES string of the molecule is COc1ccc(CNC(=O)[C@H](OC(=O)c2ccco2)c2ccccn2)cc1. The van der Waals surface area contributed by atoms with Crippen molar-refractivity contribution in [1.82, 2.24) is 10.3 Å². The van der Waals surface area contributed by atoms with Gasteiger partial charge in [0.1, 0.15) is 5.75 Å². The van der Waals surface area contributed by atoms with Crippen LogP contribution in [0.15, 0.2) is 71.5 Å². The van der Waals surface area contributed by atoms with Crippen LogP contribution in [-0.2, 0) is 16.1 Å². The number of aromatic nitrogens is 1. The second-order valence-corrected chi connectivity index (χ2v) is 5.58. The lowest BCUT2D eigenvalue weighted by Crippen LogP contribution is -2.32. The van der Waals surface area contributed by atoms with Crippen molar-refractivity contribution in [3.05, 3.63) is 84.1 Å². The molecule has 1 atom stereocenters. The molecule has 1 amide bonds. The maximum atomic E-state index is 12.7. The van der Waals surface area contributed by atoms with Crippen molar-refractivity contribution in [2.24, 2.45) is 0 Å². The van der Waals surface area contributed by atoms with Gasteiger partial charge in [-0.15, -0.1) is 0 Å². The first kappa shape index (κ1) is 18.2. The van der Waals surface area contributed by atoms with Crippen molar-refractivity contribution in [3.8, 4) is 5.75 Å². The molecule has 3 aromatic rings. The number of pyridine rings is 1. The van der Waals surface area contributed by atoms with Crippen LogP contribution < -0.4 is 10.1 Å². The highest BCUT2D eigenvalue weighted by Gasteiger charge is 2.27. The molecule has 0 saturated heterocycles. The first-order chi connectivity index (χ1) is 13.2. The Labute approximate surface area is 155 Å². The highest BCUT2D eigenvalue weighted by atomic mass is 16.6. The van der Waals surface area contributed by atoms with Crippen molar-refractivity contribution >= 4 is 11.9 Å². The van der Waals surface area contributed by atoms with E-state index in [2.05, 4.69) is 10.3 Å². The number of amides is 1. The fourth-order valence-corrected chi connectivity index (χ4v) is 2.36. The number of furan rings is 1. The first-order valence-electron chi connectivity index (χ1n) is 8.23. The number of carbonyl (C=O) groups excluding carboxylic acids is 2. The van der Waals surface area contributed by atoms with Crippen molar-refractivity contribution in [2.45, 2.75) is 12.6 Å². The molecule has 2 aromatic heterocycles. The van der Waals surface area contributed by atoms with Gasteiger partial charge in [0.15, 0.2) is 0 Å². The molecule has 27 heavy (non-hydrogen) atoms. The summed E-state index contributed by atoms with van der Waals surface area (Å²) in [7, 11) is 1.58. The number of esters is 1. The van der Waals surface area contributed by atoms with Crippen LogP contribution in [-0.4, -0.2) is 24.0 Å². The number of methoxy groups -OCH3 is 1. The third-order valence-electron chi connectivity index (χ3n) is 3.77. The molecule has 0 spiro atoms. The Morgan fingerprint density at radius 3 is 2.56 bits per heavy atom. The Bertz CT molecular complexity index is 877. The van der Waals surface area contributed by atoms with Gasteiger partial charge in [-0.3, -0.25) is 9.78 Å². The number of hydrogen-bond acceptors (Lipinski definition) is 6. The van der Waals surface area contributed by atoms with Gasteiger partial charge < -0.3 is 19.2 Å². The van der Waals surface area contributed by atoms with E-state index in [1.165, 1.54) is 18.5 Å². The number of benzene rings is 1. The molecule has 7 nitrogen and oxygen atoms in total. The second kappa shape index (κ2) is 8.66. The summed E-state index contributed by atoms with van der Waals surface area (Å²) in [6.45, 7) is 0.268. The minimum absolute atomic E-state index is 0.0129. The molecule has 0 unspecified atom stereocenters. The lowest BCUT2D eigenvalue weighted by Gasteiger charge is -2.16. The van der Waals surface area contributed by atoms with Gasteiger partial charge in [0.25, 0.3) is 5.91 Å². The Balaban J connectivity index is 1.71. The maximum absolute atomic E-state index is 12.7. The number of hydrogen-bond donors (Lipinski definition) is 1. The number of nitrogens with zero attached hydrogens (tertiary/aromatic N) is 1. The van der Waals surface area contributed by atoms with Crippen LogP contribution in [0.5, 0.6) is 5.75 Å². The van der Waals surface area contributed by atoms with E-state index in [0.717, 1.165) is 11.3 Å². The molecular weight excluding hydrogens is 348 g/mol. The van der Waals surface area contributed by atoms with Gasteiger partial charge in [-0.2, -0.15) is 0 Å². The van der Waals surface area contributed by atoms with Gasteiger partial charge >= 0.3 is 5.97 Å². The molecule has 0 aliphatic carbocycles. The summed E-state index contributed by atoms with van der Waals surface area (Å²) in [4.78, 5) is 29.0. The van der Waals surface area contributed by atoms with Crippen LogP contribution in [0.2, 0.25) is 0 Å². The molecular formula is C20H18N2O5. The highest BCUT2D eigenvalue weighted by molar-refractivity contribution is 5.90. The molecule has 0 radical (unpaired) electrons. The minimum atomic E-state index is -1.19. The standard InChI is InChI=1S/C20H18N2O5/c1-25-15-9-7-14(8-10-15)13-22-19(23)18(16-5-2-3-11-21-16)27-20(24)17-6-4-12-26-17/h2-12,18H,13H2,1H3,(H,22,23)/t18-/m1/s1. The van der Waals surface area contributed by atoms with E-state index in [1.807, 2.05) is 12.1 Å². The summed E-state index contributed by atoms with van der Waals surface area (Å²) in [5, 5.41) is 2.76. The molecule has 0 aliphatic rings. The molecule has 1 N–H and O–H groups in total. The van der Waals surface area contributed by atoms with E-state index >= 15 is 0 Å². The van der Waals surface area contributed by atoms with Crippen molar-refractivity contribution in [1.29, 1.82) is 0 Å². The van der Waals surface area contributed by atoms with Gasteiger partial charge in [-0.1, -0.05) is 18.2 Å². The van der Waals surface area contributed by atoms with Gasteiger partial charge in [0.05, 0.1) is 19.1 Å². The lowest BCUT2D eigenvalue weighted by atomic mass is 10.2. The fourth-order valence-electron chi connectivity index (χ4n) is 2.36. The zero-order valence-electron chi connectivity index (χ0n) is 14.6. The lowest BCUT2D eigenvalue weighted by molar-refractivity contribution is -0.130. The minimum Gasteiger partial charge on any atom is -0.497 e. The van der Waals surface area contributed by atoms with E-state index < -0.39 is 18.0 Å². The topological polar surface area (TPSA) is 90.7 Å². The Morgan fingerprint density at radius 1 is 1.11 bits per heavy atom. The summed E-state index contributed by atoms with van der Waals surface area (Å²) >= 11 is 0. The van der Waals surface area contributed by atoms with Gasteiger partial charge in [0.2, 0.25) is 11.9 Å². The quantitative estimate of drug-likeness (QED) is 0.647. The van der Waals surface area contributed by atoms with E-state index in [0.29, 0.717) is 5.69 Å². The second-order valence-electron chi connectivity index (χ2n) is 5.58. The van der Waals surface area contributed by atoms with Gasteiger partial charge in [0, 0.05) is 12.7 Å². The molecule has 0 fully saturated rings. The third-order valence-corrected chi connectivity index (χ3v) is 3.77. The predicted molar refractivity (Wildman–Crippen MR) is 95.9 cm³/mol. The first-order valence-corrected chi connectivity index (χ1v) is 8.23. The molecule has 138 valence electrons. The van der Waals surface area contributed by atoms with Crippen LogP contribution in [0.1, 0.15) is 27.9 Å². The third kappa shape index (κ3) is 4.72. The highest BCUT2D eigenvalue weighted by Crippen LogP contribution is 2.18. The fraction of sp³-hybridized carbons (Fsp3) is 0.150. The van der Waals surface area contributed by atoms with Crippen LogP contribution >= 0.6 is 0 Å². The summed E-state index contributed by atoms with van der Waals surface area (Å²) in [6.07, 6.45) is 1.69. The molecule has 2 heterocycles. The molecule has 3 rings (SSSR count). The number of rotatable bonds is 7.